The Morgan fingerprint density at radius 1 is 0.311 bits per heavy atom. The lowest BCUT2D eigenvalue weighted by atomic mass is 9.76. The summed E-state index contributed by atoms with van der Waals surface area (Å²) in [6, 6.07) is 54.0. The van der Waals surface area contributed by atoms with Crippen LogP contribution < -0.4 is 28.4 Å². The zero-order valence-electron chi connectivity index (χ0n) is 62.1. The molecule has 0 N–H and O–H groups in total. The number of rotatable bonds is 36. The van der Waals surface area contributed by atoms with Crippen molar-refractivity contribution < 1.29 is 38.0 Å². The Hall–Kier alpha value is -11.2. The molecule has 532 valence electrons. The molecule has 8 rings (SSSR count). The molecule has 0 spiro atoms. The summed E-state index contributed by atoms with van der Waals surface area (Å²) in [5.74, 6) is 3.61. The minimum Gasteiger partial charge on any atom is -0.489 e. The Labute approximate surface area is 615 Å². The molecule has 0 bridgehead atoms. The van der Waals surface area contributed by atoms with E-state index in [2.05, 4.69) is 230 Å². The van der Waals surface area contributed by atoms with Gasteiger partial charge in [0.15, 0.2) is 0 Å². The highest BCUT2D eigenvalue weighted by atomic mass is 16.5. The van der Waals surface area contributed by atoms with Crippen molar-refractivity contribution in [1.29, 1.82) is 0 Å². The van der Waals surface area contributed by atoms with Gasteiger partial charge in [-0.05, 0) is 178 Å². The smallest absolute Gasteiger partial charge is 0.338 e. The lowest BCUT2D eigenvalue weighted by Crippen LogP contribution is -2.20. The van der Waals surface area contributed by atoms with E-state index in [9.17, 15) is 9.59 Å². The Balaban J connectivity index is 0.000000247. The second kappa shape index (κ2) is 39.1. The number of ether oxygens (including phenoxy) is 6. The second-order valence-electron chi connectivity index (χ2n) is 26.8. The summed E-state index contributed by atoms with van der Waals surface area (Å²) in [6.45, 7) is 64.2. The maximum atomic E-state index is 12.0. The van der Waals surface area contributed by atoms with Crippen molar-refractivity contribution in [2.24, 2.45) is 0 Å². The van der Waals surface area contributed by atoms with Crippen LogP contribution in [0.2, 0.25) is 0 Å². The van der Waals surface area contributed by atoms with E-state index in [0.717, 1.165) is 115 Å². The fraction of sp³-hybridized carbons (Fsp3) is 0.221. The van der Waals surface area contributed by atoms with Crippen LogP contribution in [0.1, 0.15) is 144 Å². The van der Waals surface area contributed by atoms with Crippen molar-refractivity contribution in [2.75, 3.05) is 13.2 Å². The van der Waals surface area contributed by atoms with E-state index in [1.807, 2.05) is 85.0 Å². The number of carbonyl (C=O) groups excluding carboxylic acids is 2. The standard InChI is InChI=1S/C39H40O2.C29H32O4.C27H32O2/c1-7-11-33-25-35(21-23-37(33)40-27-31-17-13-29(9-3)14-18-31)39(5,6)36-22-24-38(34(26-36)12-8-2)41-28-32-19-15-30(10-4)16-20-32;1-9-11-21-17-23(13-15-25(21)32-27(30)19(3)4)29(7,8)24-14-16-26(22(18-24)12-10-2)33-28(31)20(5)6;1-7-11-21-19-23(13-15-25(21)28-17-9-3)27(5,6)24-14-16-26(29-18-10-4)22(20-24)12-8-2/h7-10,13-26H,1-4,11-12,27-28H2,5-6H3;9-10,13-18H,1-3,5,11-12H2,4,6-8H3;7-10,13-16,19-20H,1-4,11-12,17-18H2,5-6H3. The first-order valence-electron chi connectivity index (χ1n) is 34.7. The van der Waals surface area contributed by atoms with Crippen LogP contribution in [0, 0.1) is 0 Å². The van der Waals surface area contributed by atoms with Crippen molar-refractivity contribution >= 4 is 24.1 Å². The minimum atomic E-state index is -0.457. The van der Waals surface area contributed by atoms with Crippen LogP contribution in [-0.2, 0) is 77.6 Å². The summed E-state index contributed by atoms with van der Waals surface area (Å²) in [4.78, 5) is 24.0. The Morgan fingerprint density at radius 2 is 0.534 bits per heavy atom. The molecule has 0 fully saturated rings. The topological polar surface area (TPSA) is 89.5 Å². The molecule has 8 heteroatoms. The van der Waals surface area contributed by atoms with Crippen LogP contribution in [0.3, 0.4) is 0 Å². The second-order valence-corrected chi connectivity index (χ2v) is 26.8. The van der Waals surface area contributed by atoms with Crippen LogP contribution in [0.5, 0.6) is 34.5 Å². The van der Waals surface area contributed by atoms with E-state index in [-0.39, 0.29) is 16.2 Å². The predicted molar refractivity (Wildman–Crippen MR) is 432 cm³/mol. The number of benzene rings is 8. The molecule has 8 aromatic carbocycles. The van der Waals surface area contributed by atoms with Gasteiger partial charge in [-0.15, -0.1) is 39.5 Å². The molecule has 0 unspecified atom stereocenters. The normalized spacial score (nSPS) is 10.9. The van der Waals surface area contributed by atoms with Crippen molar-refractivity contribution in [2.45, 2.75) is 123 Å². The molecule has 0 saturated heterocycles. The molecule has 0 aliphatic heterocycles. The van der Waals surface area contributed by atoms with E-state index in [1.165, 1.54) is 22.3 Å². The summed E-state index contributed by atoms with van der Waals surface area (Å²) >= 11 is 0. The van der Waals surface area contributed by atoms with Gasteiger partial charge < -0.3 is 28.4 Å². The molecule has 0 saturated carbocycles. The zero-order valence-corrected chi connectivity index (χ0v) is 62.1. The van der Waals surface area contributed by atoms with E-state index in [0.29, 0.717) is 61.9 Å². The van der Waals surface area contributed by atoms with Gasteiger partial charge >= 0.3 is 11.9 Å². The first-order valence-corrected chi connectivity index (χ1v) is 34.7. The average molecular weight is 1370 g/mol. The van der Waals surface area contributed by atoms with Crippen LogP contribution in [-0.4, -0.2) is 25.2 Å². The Bertz CT molecular complexity index is 4100. The summed E-state index contributed by atoms with van der Waals surface area (Å²) in [5.41, 5.74) is 17.6. The van der Waals surface area contributed by atoms with E-state index < -0.39 is 11.9 Å². The minimum absolute atomic E-state index is 0.181. The highest BCUT2D eigenvalue weighted by Gasteiger charge is 2.29. The summed E-state index contributed by atoms with van der Waals surface area (Å²) in [6.07, 6.45) is 22.5. The maximum Gasteiger partial charge on any atom is 0.338 e. The van der Waals surface area contributed by atoms with Crippen molar-refractivity contribution in [3.8, 4) is 34.5 Å². The lowest BCUT2D eigenvalue weighted by molar-refractivity contribution is -0.131. The van der Waals surface area contributed by atoms with Gasteiger partial charge in [-0.25, -0.2) is 9.59 Å². The fourth-order valence-electron chi connectivity index (χ4n) is 11.5. The molecule has 103 heavy (non-hydrogen) atoms. The molecule has 0 radical (unpaired) electrons. The molecule has 0 aliphatic rings. The summed E-state index contributed by atoms with van der Waals surface area (Å²) in [5, 5.41) is 0. The number of hydrogen-bond acceptors (Lipinski definition) is 8. The van der Waals surface area contributed by atoms with Crippen molar-refractivity contribution in [3.05, 3.63) is 385 Å². The Morgan fingerprint density at radius 3 is 0.748 bits per heavy atom. The monoisotopic (exact) mass is 1370 g/mol. The molecule has 0 aromatic heterocycles. The molecule has 8 nitrogen and oxygen atoms in total. The van der Waals surface area contributed by atoms with E-state index >= 15 is 0 Å². The van der Waals surface area contributed by atoms with Crippen molar-refractivity contribution in [1.82, 2.24) is 0 Å². The number of hydrogen-bond donors (Lipinski definition) is 0. The van der Waals surface area contributed by atoms with E-state index in [4.69, 9.17) is 28.4 Å². The van der Waals surface area contributed by atoms with Crippen molar-refractivity contribution in [3.63, 3.8) is 0 Å². The number of allylic oxidation sites excluding steroid dienone is 6. The number of esters is 2. The van der Waals surface area contributed by atoms with Crippen LogP contribution in [0.4, 0.5) is 0 Å². The first kappa shape index (κ1) is 80.8. The van der Waals surface area contributed by atoms with Gasteiger partial charge in [-0.2, -0.15) is 0 Å². The first-order chi connectivity index (χ1) is 49.3. The van der Waals surface area contributed by atoms with Gasteiger partial charge in [0.05, 0.1) is 0 Å². The molecule has 8 aromatic rings. The molecule has 0 aliphatic carbocycles. The molecule has 0 amide bonds. The maximum absolute atomic E-state index is 12.0. The third kappa shape index (κ3) is 22.4. The fourth-order valence-corrected chi connectivity index (χ4v) is 11.5. The molecular weight excluding hydrogens is 1270 g/mol. The average Bonchev–Trinajstić information content (AvgIpc) is 0.795. The summed E-state index contributed by atoms with van der Waals surface area (Å²) < 4.78 is 35.2. The van der Waals surface area contributed by atoms with Gasteiger partial charge in [0, 0.05) is 27.4 Å². The van der Waals surface area contributed by atoms with Gasteiger partial charge in [0.25, 0.3) is 0 Å². The quantitative estimate of drug-likeness (QED) is 0.0166. The highest BCUT2D eigenvalue weighted by molar-refractivity contribution is 5.89. The SMILES string of the molecule is C=CCOc1ccc(C(C)(C)c2ccc(OCC=C)c(CC=C)c2)cc1CC=C.C=CCc1cc(C(C)(C)c2ccc(OC(=O)C(=C)C)c(CC=C)c2)ccc1OC(=O)C(=C)C.C=CCc1cc(C(C)(C)c2ccc(OCc3ccc(C=C)cc3)c(CC=C)c2)ccc1OCc1ccc(C=C)cc1. The lowest BCUT2D eigenvalue weighted by Gasteiger charge is -2.28. The predicted octanol–water partition coefficient (Wildman–Crippen LogP) is 22.9. The van der Waals surface area contributed by atoms with Gasteiger partial charge in [-0.1, -0.05) is 263 Å². The third-order valence-electron chi connectivity index (χ3n) is 17.9. The van der Waals surface area contributed by atoms with Gasteiger partial charge in [0.1, 0.15) is 60.9 Å². The number of carbonyl (C=O) groups is 2. The molecule has 0 heterocycles. The largest absolute Gasteiger partial charge is 0.489 e. The third-order valence-corrected chi connectivity index (χ3v) is 17.9. The van der Waals surface area contributed by atoms with Crippen LogP contribution in [0.25, 0.3) is 12.2 Å². The molecule has 0 atom stereocenters. The van der Waals surface area contributed by atoms with Gasteiger partial charge in [0.2, 0.25) is 0 Å². The Kier molecular flexibility index (Phi) is 30.7. The van der Waals surface area contributed by atoms with E-state index in [1.54, 1.807) is 38.2 Å². The van der Waals surface area contributed by atoms with Gasteiger partial charge in [-0.3, -0.25) is 0 Å². The zero-order chi connectivity index (χ0) is 75.3. The van der Waals surface area contributed by atoms with Crippen LogP contribution in [0.15, 0.2) is 296 Å². The highest BCUT2D eigenvalue weighted by Crippen LogP contribution is 2.41. The van der Waals surface area contributed by atoms with Crippen LogP contribution >= 0.6 is 0 Å². The molecular formula is C95H104O8. The summed E-state index contributed by atoms with van der Waals surface area (Å²) in [7, 11) is 0.